The van der Waals surface area contributed by atoms with E-state index in [1.807, 2.05) is 0 Å². The Morgan fingerprint density at radius 2 is 1.65 bits per heavy atom. The number of nitrogens with one attached hydrogen (secondary N) is 1. The van der Waals surface area contributed by atoms with Crippen LogP contribution in [0.3, 0.4) is 0 Å². The average molecular weight is 403 g/mol. The van der Waals surface area contributed by atoms with Gasteiger partial charge in [-0.05, 0) is 88.1 Å². The quantitative estimate of drug-likeness (QED) is 0.732. The lowest BCUT2D eigenvalue weighted by molar-refractivity contribution is 0.153. The second-order valence-electron chi connectivity index (χ2n) is 5.92. The minimum Gasteiger partial charge on any atom is -0.488 e. The van der Waals surface area contributed by atoms with Crippen LogP contribution in [0.5, 0.6) is 5.75 Å². The van der Waals surface area contributed by atoms with Crippen molar-refractivity contribution in [2.24, 2.45) is 0 Å². The highest BCUT2D eigenvalue weighted by Crippen LogP contribution is 2.37. The maximum absolute atomic E-state index is 6.20. The summed E-state index contributed by atoms with van der Waals surface area (Å²) in [6, 6.07) is 5.10. The van der Waals surface area contributed by atoms with Crippen molar-refractivity contribution < 1.29 is 4.74 Å². The van der Waals surface area contributed by atoms with Crippen LogP contribution in [0.1, 0.15) is 50.5 Å². The second-order valence-corrected chi connectivity index (χ2v) is 7.63. The number of ether oxygens (including phenoxy) is 1. The molecule has 0 bridgehead atoms. The number of hydrogen-bond acceptors (Lipinski definition) is 2. The summed E-state index contributed by atoms with van der Waals surface area (Å²) >= 11 is 7.33. The van der Waals surface area contributed by atoms with Crippen molar-refractivity contribution in [3.05, 3.63) is 26.6 Å². The molecule has 2 nitrogen and oxygen atoms in total. The third-order valence-electron chi connectivity index (χ3n) is 4.07. The van der Waals surface area contributed by atoms with Crippen LogP contribution in [0.4, 0.5) is 0 Å². The van der Waals surface area contributed by atoms with Gasteiger partial charge in [-0.15, -0.1) is 0 Å². The first-order chi connectivity index (χ1) is 9.72. The van der Waals surface area contributed by atoms with Gasteiger partial charge in [0.2, 0.25) is 0 Å². The summed E-state index contributed by atoms with van der Waals surface area (Å²) in [7, 11) is 0. The van der Waals surface area contributed by atoms with Gasteiger partial charge in [-0.2, -0.15) is 0 Å². The summed E-state index contributed by atoms with van der Waals surface area (Å²) in [5, 5.41) is 3.55. The first-order valence-corrected chi connectivity index (χ1v) is 9.19. The van der Waals surface area contributed by atoms with Gasteiger partial charge < -0.3 is 10.1 Å². The van der Waals surface area contributed by atoms with E-state index in [-0.39, 0.29) is 0 Å². The predicted octanol–water partition coefficient (Wildman–Crippen LogP) is 5.18. The molecule has 0 aliphatic heterocycles. The molecule has 0 amide bonds. The Bertz CT molecular complexity index is 445. The molecule has 1 aromatic rings. The van der Waals surface area contributed by atoms with E-state index >= 15 is 0 Å². The summed E-state index contributed by atoms with van der Waals surface area (Å²) < 4.78 is 8.32. The Morgan fingerprint density at radius 1 is 1.00 bits per heavy atom. The number of halogens is 2. The van der Waals surface area contributed by atoms with Gasteiger partial charge in [0.1, 0.15) is 5.75 Å². The van der Waals surface area contributed by atoms with Gasteiger partial charge in [0.25, 0.3) is 0 Å². The summed E-state index contributed by atoms with van der Waals surface area (Å²) in [6.45, 7) is 0.936. The minimum atomic E-state index is 0.381. The average Bonchev–Trinajstić information content (AvgIpc) is 3.26. The Balaban J connectivity index is 1.66. The molecule has 2 aliphatic carbocycles. The third-order valence-corrected chi connectivity index (χ3v) is 5.25. The van der Waals surface area contributed by atoms with Crippen molar-refractivity contribution in [2.75, 3.05) is 0 Å². The largest absolute Gasteiger partial charge is 0.488 e. The van der Waals surface area contributed by atoms with E-state index in [0.29, 0.717) is 6.10 Å². The predicted molar refractivity (Wildman–Crippen MR) is 89.2 cm³/mol. The first-order valence-electron chi connectivity index (χ1n) is 7.60. The lowest BCUT2D eigenvalue weighted by atomic mass is 9.98. The van der Waals surface area contributed by atoms with Crippen LogP contribution >= 0.6 is 31.9 Å². The van der Waals surface area contributed by atoms with E-state index < -0.39 is 0 Å². The fourth-order valence-electron chi connectivity index (χ4n) is 2.73. The van der Waals surface area contributed by atoms with E-state index in [9.17, 15) is 0 Å². The van der Waals surface area contributed by atoms with Crippen molar-refractivity contribution in [1.82, 2.24) is 5.32 Å². The van der Waals surface area contributed by atoms with E-state index in [1.165, 1.54) is 50.5 Å². The monoisotopic (exact) mass is 401 g/mol. The molecule has 0 spiro atoms. The smallest absolute Gasteiger partial charge is 0.148 e. The van der Waals surface area contributed by atoms with Crippen LogP contribution in [0.25, 0.3) is 0 Å². The molecular formula is C16H21Br2NO. The van der Waals surface area contributed by atoms with Crippen LogP contribution in [0.15, 0.2) is 21.1 Å². The molecule has 1 aromatic carbocycles. The van der Waals surface area contributed by atoms with Crippen LogP contribution in [0, 0.1) is 0 Å². The van der Waals surface area contributed by atoms with Crippen molar-refractivity contribution in [3.8, 4) is 5.75 Å². The molecule has 1 N–H and O–H groups in total. The molecular weight excluding hydrogens is 382 g/mol. The SMILES string of the molecule is Brc1cc(CNC2CC2)cc(Br)c1OC1CCCCC1. The molecule has 20 heavy (non-hydrogen) atoms. The van der Waals surface area contributed by atoms with E-state index in [1.54, 1.807) is 0 Å². The molecule has 0 unspecified atom stereocenters. The normalized spacial score (nSPS) is 20.1. The zero-order chi connectivity index (χ0) is 13.9. The highest BCUT2D eigenvalue weighted by molar-refractivity contribution is 9.11. The van der Waals surface area contributed by atoms with E-state index in [0.717, 1.165) is 27.3 Å². The van der Waals surface area contributed by atoms with Gasteiger partial charge in [-0.25, -0.2) is 0 Å². The molecule has 0 aromatic heterocycles. The van der Waals surface area contributed by atoms with E-state index in [2.05, 4.69) is 49.3 Å². The van der Waals surface area contributed by atoms with Gasteiger partial charge in [0, 0.05) is 12.6 Å². The zero-order valence-electron chi connectivity index (χ0n) is 11.6. The second kappa shape index (κ2) is 6.80. The maximum atomic E-state index is 6.20. The molecule has 4 heteroatoms. The molecule has 2 saturated carbocycles. The van der Waals surface area contributed by atoms with Gasteiger partial charge in [-0.1, -0.05) is 6.42 Å². The highest BCUT2D eigenvalue weighted by atomic mass is 79.9. The summed E-state index contributed by atoms with van der Waals surface area (Å²) in [4.78, 5) is 0. The molecule has 3 rings (SSSR count). The fraction of sp³-hybridized carbons (Fsp3) is 0.625. The Morgan fingerprint density at radius 3 is 2.25 bits per heavy atom. The molecule has 110 valence electrons. The Hall–Kier alpha value is -0.0600. The lowest BCUT2D eigenvalue weighted by Gasteiger charge is -2.24. The summed E-state index contributed by atoms with van der Waals surface area (Å²) in [5.41, 5.74) is 1.30. The van der Waals surface area contributed by atoms with Gasteiger partial charge in [0.15, 0.2) is 0 Å². The Kier molecular flexibility index (Phi) is 5.05. The van der Waals surface area contributed by atoms with Crippen LogP contribution in [-0.4, -0.2) is 12.1 Å². The molecule has 0 heterocycles. The zero-order valence-corrected chi connectivity index (χ0v) is 14.8. The van der Waals surface area contributed by atoms with Crippen molar-refractivity contribution in [1.29, 1.82) is 0 Å². The first kappa shape index (κ1) is 14.9. The molecule has 2 aliphatic rings. The topological polar surface area (TPSA) is 21.3 Å². The number of hydrogen-bond donors (Lipinski definition) is 1. The maximum Gasteiger partial charge on any atom is 0.148 e. The van der Waals surface area contributed by atoms with E-state index in [4.69, 9.17) is 4.74 Å². The molecule has 2 fully saturated rings. The lowest BCUT2D eigenvalue weighted by Crippen LogP contribution is -2.20. The van der Waals surface area contributed by atoms with Crippen molar-refractivity contribution in [3.63, 3.8) is 0 Å². The molecule has 0 radical (unpaired) electrons. The van der Waals surface area contributed by atoms with Crippen molar-refractivity contribution in [2.45, 2.75) is 63.6 Å². The van der Waals surface area contributed by atoms with Crippen LogP contribution in [0.2, 0.25) is 0 Å². The van der Waals surface area contributed by atoms with Gasteiger partial charge in [0.05, 0.1) is 15.0 Å². The summed E-state index contributed by atoms with van der Waals surface area (Å²) in [5.74, 6) is 0.965. The third kappa shape index (κ3) is 3.99. The highest BCUT2D eigenvalue weighted by Gasteiger charge is 2.21. The number of rotatable bonds is 5. The standard InChI is InChI=1S/C16H21Br2NO/c17-14-8-11(10-19-12-6-7-12)9-15(18)16(14)20-13-4-2-1-3-5-13/h8-9,12-13,19H,1-7,10H2. The fourth-order valence-corrected chi connectivity index (χ4v) is 4.19. The minimum absolute atomic E-state index is 0.381. The van der Waals surface area contributed by atoms with Crippen LogP contribution in [-0.2, 0) is 6.54 Å². The van der Waals surface area contributed by atoms with Crippen LogP contribution < -0.4 is 10.1 Å². The Labute approximate surface area is 137 Å². The van der Waals surface area contributed by atoms with Gasteiger partial charge >= 0.3 is 0 Å². The molecule has 0 atom stereocenters. The van der Waals surface area contributed by atoms with Crippen molar-refractivity contribution >= 4 is 31.9 Å². The van der Waals surface area contributed by atoms with Gasteiger partial charge in [-0.3, -0.25) is 0 Å². The number of benzene rings is 1. The summed E-state index contributed by atoms with van der Waals surface area (Å²) in [6.07, 6.45) is 9.34. The molecule has 0 saturated heterocycles.